The number of aromatic amines is 1. The number of ether oxygens (including phenoxy) is 2. The molecule has 8 heteroatoms. The number of hydrogen-bond donors (Lipinski definition) is 2. The summed E-state index contributed by atoms with van der Waals surface area (Å²) in [6, 6.07) is 12.8. The minimum atomic E-state index is -0.164. The van der Waals surface area contributed by atoms with Gasteiger partial charge in [0.2, 0.25) is 0 Å². The molecule has 0 bridgehead atoms. The lowest BCUT2D eigenvalue weighted by molar-refractivity contribution is 0.365. The second-order valence-electron chi connectivity index (χ2n) is 7.87. The number of nitrogens with zero attached hydrogens (tertiary/aromatic N) is 3. The van der Waals surface area contributed by atoms with Crippen LogP contribution in [0.2, 0.25) is 0 Å². The highest BCUT2D eigenvalue weighted by Crippen LogP contribution is 2.30. The quantitative estimate of drug-likeness (QED) is 0.441. The van der Waals surface area contributed by atoms with E-state index in [-0.39, 0.29) is 17.5 Å². The SMILES string of the molecule is COc1cccc(OC)c1CN[C@H](c1cc(=O)n2[nH]c(-c3cccnc3)cc2n1)C(C)C. The molecule has 1 aromatic carbocycles. The third kappa shape index (κ3) is 4.22. The first-order valence-corrected chi connectivity index (χ1v) is 10.5. The Morgan fingerprint density at radius 1 is 1.09 bits per heavy atom. The van der Waals surface area contributed by atoms with Crippen LogP contribution in [-0.2, 0) is 6.54 Å². The molecule has 3 aromatic heterocycles. The molecule has 3 heterocycles. The molecule has 1 atom stereocenters. The average molecular weight is 434 g/mol. The van der Waals surface area contributed by atoms with E-state index in [4.69, 9.17) is 14.5 Å². The molecular weight excluding hydrogens is 406 g/mol. The van der Waals surface area contributed by atoms with Crippen LogP contribution in [0.25, 0.3) is 16.9 Å². The van der Waals surface area contributed by atoms with E-state index in [1.165, 1.54) is 4.52 Å². The molecule has 0 aliphatic rings. The van der Waals surface area contributed by atoms with Crippen molar-refractivity contribution in [1.29, 1.82) is 0 Å². The zero-order valence-corrected chi connectivity index (χ0v) is 18.6. The zero-order valence-electron chi connectivity index (χ0n) is 18.6. The van der Waals surface area contributed by atoms with Crippen molar-refractivity contribution in [2.24, 2.45) is 5.92 Å². The summed E-state index contributed by atoms with van der Waals surface area (Å²) < 4.78 is 12.5. The minimum absolute atomic E-state index is 0.140. The van der Waals surface area contributed by atoms with Crippen LogP contribution in [0.1, 0.15) is 31.1 Å². The lowest BCUT2D eigenvalue weighted by Gasteiger charge is -2.23. The highest BCUT2D eigenvalue weighted by Gasteiger charge is 2.21. The molecule has 4 aromatic rings. The Morgan fingerprint density at radius 3 is 2.47 bits per heavy atom. The van der Waals surface area contributed by atoms with Crippen LogP contribution in [0, 0.1) is 5.92 Å². The van der Waals surface area contributed by atoms with Gasteiger partial charge in [-0.3, -0.25) is 14.9 Å². The van der Waals surface area contributed by atoms with Crippen molar-refractivity contribution < 1.29 is 9.47 Å². The molecule has 0 fully saturated rings. The van der Waals surface area contributed by atoms with Gasteiger partial charge in [0.15, 0.2) is 5.65 Å². The Labute approximate surface area is 186 Å². The van der Waals surface area contributed by atoms with E-state index in [1.54, 1.807) is 32.7 Å². The van der Waals surface area contributed by atoms with Crippen molar-refractivity contribution in [3.8, 4) is 22.8 Å². The number of H-pyrrole nitrogens is 1. The second kappa shape index (κ2) is 9.23. The lowest BCUT2D eigenvalue weighted by atomic mass is 10.00. The smallest absolute Gasteiger partial charge is 0.272 e. The number of aromatic nitrogens is 4. The second-order valence-corrected chi connectivity index (χ2v) is 7.87. The van der Waals surface area contributed by atoms with Crippen LogP contribution in [0.3, 0.4) is 0 Å². The molecular formula is C24H27N5O3. The predicted molar refractivity (Wildman–Crippen MR) is 123 cm³/mol. The van der Waals surface area contributed by atoms with Crippen LogP contribution in [-0.4, -0.2) is 33.8 Å². The Balaban J connectivity index is 1.67. The van der Waals surface area contributed by atoms with Crippen LogP contribution in [0.15, 0.2) is 59.7 Å². The molecule has 0 aliphatic carbocycles. The summed E-state index contributed by atoms with van der Waals surface area (Å²) >= 11 is 0. The van der Waals surface area contributed by atoms with Crippen LogP contribution < -0.4 is 20.3 Å². The number of pyridine rings is 1. The summed E-state index contributed by atoms with van der Waals surface area (Å²) in [6.07, 6.45) is 3.46. The van der Waals surface area contributed by atoms with Gasteiger partial charge in [0.25, 0.3) is 5.56 Å². The van der Waals surface area contributed by atoms with Crippen LogP contribution >= 0.6 is 0 Å². The van der Waals surface area contributed by atoms with Gasteiger partial charge in [-0.15, -0.1) is 0 Å². The summed E-state index contributed by atoms with van der Waals surface area (Å²) in [4.78, 5) is 21.8. The number of nitrogens with one attached hydrogen (secondary N) is 2. The van der Waals surface area contributed by atoms with Gasteiger partial charge in [-0.2, -0.15) is 0 Å². The highest BCUT2D eigenvalue weighted by atomic mass is 16.5. The van der Waals surface area contributed by atoms with E-state index in [2.05, 4.69) is 29.2 Å². The average Bonchev–Trinajstić information content (AvgIpc) is 3.24. The summed E-state index contributed by atoms with van der Waals surface area (Å²) in [5.74, 6) is 1.69. The van der Waals surface area contributed by atoms with Gasteiger partial charge >= 0.3 is 0 Å². The normalized spacial score (nSPS) is 12.3. The van der Waals surface area contributed by atoms with Crippen LogP contribution in [0.5, 0.6) is 11.5 Å². The highest BCUT2D eigenvalue weighted by molar-refractivity contribution is 5.63. The minimum Gasteiger partial charge on any atom is -0.496 e. The van der Waals surface area contributed by atoms with Crippen molar-refractivity contribution in [3.05, 3.63) is 76.5 Å². The molecule has 4 rings (SSSR count). The third-order valence-electron chi connectivity index (χ3n) is 5.46. The van der Waals surface area contributed by atoms with E-state index in [9.17, 15) is 4.79 Å². The summed E-state index contributed by atoms with van der Waals surface area (Å²) in [6.45, 7) is 4.70. The fourth-order valence-corrected chi connectivity index (χ4v) is 3.83. The van der Waals surface area contributed by atoms with Crippen LogP contribution in [0.4, 0.5) is 0 Å². The maximum atomic E-state index is 12.9. The Kier molecular flexibility index (Phi) is 6.23. The van der Waals surface area contributed by atoms with Gasteiger partial charge in [-0.1, -0.05) is 19.9 Å². The van der Waals surface area contributed by atoms with Crippen molar-refractivity contribution in [2.45, 2.75) is 26.4 Å². The Bertz CT molecular complexity index is 1240. The van der Waals surface area contributed by atoms with E-state index in [0.29, 0.717) is 17.9 Å². The van der Waals surface area contributed by atoms with E-state index in [0.717, 1.165) is 28.3 Å². The molecule has 2 N–H and O–H groups in total. The zero-order chi connectivity index (χ0) is 22.7. The fourth-order valence-electron chi connectivity index (χ4n) is 3.83. The number of fused-ring (bicyclic) bond motifs is 1. The maximum Gasteiger partial charge on any atom is 0.272 e. The fraction of sp³-hybridized carbons (Fsp3) is 0.292. The first-order chi connectivity index (χ1) is 15.5. The molecule has 166 valence electrons. The molecule has 32 heavy (non-hydrogen) atoms. The topological polar surface area (TPSA) is 93.5 Å². The Morgan fingerprint density at radius 2 is 1.84 bits per heavy atom. The van der Waals surface area contributed by atoms with Gasteiger partial charge in [0.05, 0.1) is 31.6 Å². The molecule has 0 radical (unpaired) electrons. The molecule has 0 amide bonds. The molecule has 8 nitrogen and oxygen atoms in total. The number of benzene rings is 1. The molecule has 0 spiro atoms. The molecule has 0 saturated heterocycles. The van der Waals surface area contributed by atoms with Gasteiger partial charge < -0.3 is 14.8 Å². The number of hydrogen-bond acceptors (Lipinski definition) is 6. The Hall–Kier alpha value is -3.65. The van der Waals surface area contributed by atoms with Gasteiger partial charge in [-0.05, 0) is 30.2 Å². The van der Waals surface area contributed by atoms with Crippen molar-refractivity contribution in [3.63, 3.8) is 0 Å². The van der Waals surface area contributed by atoms with Crippen molar-refractivity contribution in [1.82, 2.24) is 24.9 Å². The lowest BCUT2D eigenvalue weighted by Crippen LogP contribution is -2.29. The number of rotatable bonds is 8. The summed E-state index contributed by atoms with van der Waals surface area (Å²) in [5, 5.41) is 6.65. The van der Waals surface area contributed by atoms with E-state index >= 15 is 0 Å². The molecule has 0 unspecified atom stereocenters. The molecule has 0 aliphatic heterocycles. The third-order valence-corrected chi connectivity index (χ3v) is 5.46. The molecule has 0 saturated carbocycles. The van der Waals surface area contributed by atoms with E-state index < -0.39 is 0 Å². The predicted octanol–water partition coefficient (Wildman–Crippen LogP) is 3.59. The van der Waals surface area contributed by atoms with Gasteiger partial charge in [0.1, 0.15) is 11.5 Å². The van der Waals surface area contributed by atoms with E-state index in [1.807, 2.05) is 36.4 Å². The summed E-state index contributed by atoms with van der Waals surface area (Å²) in [7, 11) is 3.28. The number of methoxy groups -OCH3 is 2. The largest absolute Gasteiger partial charge is 0.496 e. The standard InChI is InChI=1S/C24H27N5O3/c1-15(2)24(26-14-17-20(31-3)8-5-9-21(17)32-4)19-12-23(30)29-22(27-19)11-18(28-29)16-7-6-10-25-13-16/h5-13,15,24,26,28H,14H2,1-4H3/t24-/m0/s1. The van der Waals surface area contributed by atoms with Crippen molar-refractivity contribution in [2.75, 3.05) is 14.2 Å². The maximum absolute atomic E-state index is 12.9. The first-order valence-electron chi connectivity index (χ1n) is 10.5. The summed E-state index contributed by atoms with van der Waals surface area (Å²) in [5.41, 5.74) is 3.68. The first kappa shape index (κ1) is 21.6. The van der Waals surface area contributed by atoms with Crippen molar-refractivity contribution >= 4 is 5.65 Å². The monoisotopic (exact) mass is 433 g/mol. The van der Waals surface area contributed by atoms with Gasteiger partial charge in [0, 0.05) is 42.2 Å². The van der Waals surface area contributed by atoms with Gasteiger partial charge in [-0.25, -0.2) is 9.50 Å².